The van der Waals surface area contributed by atoms with Crippen molar-refractivity contribution in [2.24, 2.45) is 5.92 Å². The van der Waals surface area contributed by atoms with Crippen LogP contribution in [0.15, 0.2) is 0 Å². The maximum atomic E-state index is 11.3. The SMILES string of the molecule is CC(C)C(C)NCCCN1CCCC1=O. The second kappa shape index (κ2) is 6.11. The Bertz CT molecular complexity index is 204. The van der Waals surface area contributed by atoms with Gasteiger partial charge in [-0.2, -0.15) is 0 Å². The highest BCUT2D eigenvalue weighted by atomic mass is 16.2. The van der Waals surface area contributed by atoms with E-state index in [0.717, 1.165) is 38.9 Å². The first kappa shape index (κ1) is 12.5. The summed E-state index contributed by atoms with van der Waals surface area (Å²) in [4.78, 5) is 13.3. The summed E-state index contributed by atoms with van der Waals surface area (Å²) < 4.78 is 0. The summed E-state index contributed by atoms with van der Waals surface area (Å²) in [6.07, 6.45) is 2.88. The van der Waals surface area contributed by atoms with E-state index in [9.17, 15) is 4.79 Å². The zero-order valence-electron chi connectivity index (χ0n) is 10.3. The highest BCUT2D eigenvalue weighted by Gasteiger charge is 2.18. The number of likely N-dealkylation sites (tertiary alicyclic amines) is 1. The number of nitrogens with zero attached hydrogens (tertiary/aromatic N) is 1. The summed E-state index contributed by atoms with van der Waals surface area (Å²) in [5.41, 5.74) is 0. The summed E-state index contributed by atoms with van der Waals surface area (Å²) in [5, 5.41) is 3.48. The zero-order chi connectivity index (χ0) is 11.3. The normalized spacial score (nSPS) is 18.9. The second-order valence-corrected chi connectivity index (χ2v) is 4.82. The molecule has 3 nitrogen and oxygen atoms in total. The zero-order valence-corrected chi connectivity index (χ0v) is 10.3. The number of hydrogen-bond acceptors (Lipinski definition) is 2. The third-order valence-electron chi connectivity index (χ3n) is 3.24. The van der Waals surface area contributed by atoms with Gasteiger partial charge in [-0.15, -0.1) is 0 Å². The van der Waals surface area contributed by atoms with Gasteiger partial charge in [0.2, 0.25) is 5.91 Å². The van der Waals surface area contributed by atoms with E-state index in [1.807, 2.05) is 4.90 Å². The molecule has 1 atom stereocenters. The summed E-state index contributed by atoms with van der Waals surface area (Å²) in [7, 11) is 0. The molecule has 0 aliphatic carbocycles. The minimum Gasteiger partial charge on any atom is -0.343 e. The quantitative estimate of drug-likeness (QED) is 0.679. The topological polar surface area (TPSA) is 32.3 Å². The van der Waals surface area contributed by atoms with Gasteiger partial charge in [0, 0.05) is 25.6 Å². The molecule has 1 N–H and O–H groups in total. The minimum absolute atomic E-state index is 0.340. The fourth-order valence-electron chi connectivity index (χ4n) is 1.78. The molecule has 3 heteroatoms. The van der Waals surface area contributed by atoms with Gasteiger partial charge in [-0.25, -0.2) is 0 Å². The Labute approximate surface area is 93.2 Å². The Hall–Kier alpha value is -0.570. The fourth-order valence-corrected chi connectivity index (χ4v) is 1.78. The fraction of sp³-hybridized carbons (Fsp3) is 0.917. The van der Waals surface area contributed by atoms with E-state index in [2.05, 4.69) is 26.1 Å². The van der Waals surface area contributed by atoms with E-state index in [1.165, 1.54) is 0 Å². The van der Waals surface area contributed by atoms with Gasteiger partial charge in [-0.3, -0.25) is 4.79 Å². The number of nitrogens with one attached hydrogen (secondary N) is 1. The molecule has 0 aromatic carbocycles. The van der Waals surface area contributed by atoms with Crippen LogP contribution in [-0.2, 0) is 4.79 Å². The van der Waals surface area contributed by atoms with Gasteiger partial charge >= 0.3 is 0 Å². The van der Waals surface area contributed by atoms with E-state index < -0.39 is 0 Å². The minimum atomic E-state index is 0.340. The van der Waals surface area contributed by atoms with Crippen molar-refractivity contribution < 1.29 is 4.79 Å². The van der Waals surface area contributed by atoms with Crippen molar-refractivity contribution in [3.63, 3.8) is 0 Å². The highest BCUT2D eigenvalue weighted by molar-refractivity contribution is 5.77. The van der Waals surface area contributed by atoms with Crippen molar-refractivity contribution in [3.05, 3.63) is 0 Å². The molecule has 0 aromatic heterocycles. The number of amides is 1. The van der Waals surface area contributed by atoms with Crippen molar-refractivity contribution in [3.8, 4) is 0 Å². The Morgan fingerprint density at radius 1 is 1.40 bits per heavy atom. The molecule has 0 radical (unpaired) electrons. The molecule has 1 amide bonds. The first-order chi connectivity index (χ1) is 7.11. The lowest BCUT2D eigenvalue weighted by Crippen LogP contribution is -2.34. The lowest BCUT2D eigenvalue weighted by molar-refractivity contribution is -0.127. The molecule has 15 heavy (non-hydrogen) atoms. The molecule has 1 rings (SSSR count). The van der Waals surface area contributed by atoms with Gasteiger partial charge in [-0.05, 0) is 32.2 Å². The average Bonchev–Trinajstić information content (AvgIpc) is 2.58. The van der Waals surface area contributed by atoms with Crippen molar-refractivity contribution >= 4 is 5.91 Å². The number of hydrogen-bond donors (Lipinski definition) is 1. The first-order valence-electron chi connectivity index (χ1n) is 6.12. The summed E-state index contributed by atoms with van der Waals surface area (Å²) in [6, 6.07) is 0.569. The van der Waals surface area contributed by atoms with E-state index in [1.54, 1.807) is 0 Å². The lowest BCUT2D eigenvalue weighted by atomic mass is 10.1. The molecule has 1 unspecified atom stereocenters. The molecule has 0 saturated carbocycles. The van der Waals surface area contributed by atoms with Crippen LogP contribution in [0.5, 0.6) is 0 Å². The van der Waals surface area contributed by atoms with Crippen LogP contribution in [0.4, 0.5) is 0 Å². The monoisotopic (exact) mass is 212 g/mol. The highest BCUT2D eigenvalue weighted by Crippen LogP contribution is 2.09. The molecule has 0 aromatic rings. The molecular weight excluding hydrogens is 188 g/mol. The Morgan fingerprint density at radius 2 is 2.13 bits per heavy atom. The number of rotatable bonds is 6. The van der Waals surface area contributed by atoms with Gasteiger partial charge in [-0.1, -0.05) is 13.8 Å². The van der Waals surface area contributed by atoms with E-state index in [-0.39, 0.29) is 0 Å². The van der Waals surface area contributed by atoms with Gasteiger partial charge in [0.1, 0.15) is 0 Å². The maximum Gasteiger partial charge on any atom is 0.222 e. The number of carbonyl (C=O) groups is 1. The molecule has 1 fully saturated rings. The summed E-state index contributed by atoms with van der Waals surface area (Å²) >= 11 is 0. The van der Waals surface area contributed by atoms with Crippen LogP contribution in [0.3, 0.4) is 0 Å². The van der Waals surface area contributed by atoms with Gasteiger partial charge in [0.25, 0.3) is 0 Å². The van der Waals surface area contributed by atoms with Crippen LogP contribution in [-0.4, -0.2) is 36.5 Å². The molecule has 88 valence electrons. The standard InChI is InChI=1S/C12H24N2O/c1-10(2)11(3)13-7-5-9-14-8-4-6-12(14)15/h10-11,13H,4-9H2,1-3H3. The molecule has 1 saturated heterocycles. The van der Waals surface area contributed by atoms with Crippen LogP contribution in [0, 0.1) is 5.92 Å². The molecule has 1 aliphatic heterocycles. The van der Waals surface area contributed by atoms with Crippen molar-refractivity contribution in [2.45, 2.75) is 46.1 Å². The van der Waals surface area contributed by atoms with E-state index >= 15 is 0 Å². The predicted octanol–water partition coefficient (Wildman–Crippen LogP) is 1.63. The molecule has 0 bridgehead atoms. The van der Waals surface area contributed by atoms with Crippen LogP contribution < -0.4 is 5.32 Å². The maximum absolute atomic E-state index is 11.3. The van der Waals surface area contributed by atoms with Crippen LogP contribution in [0.25, 0.3) is 0 Å². The largest absolute Gasteiger partial charge is 0.343 e. The Kier molecular flexibility index (Phi) is 5.09. The van der Waals surface area contributed by atoms with Crippen molar-refractivity contribution in [1.29, 1.82) is 0 Å². The summed E-state index contributed by atoms with van der Waals surface area (Å²) in [5.74, 6) is 1.02. The molecule has 1 aliphatic rings. The predicted molar refractivity (Wildman–Crippen MR) is 62.7 cm³/mol. The second-order valence-electron chi connectivity index (χ2n) is 4.82. The van der Waals surface area contributed by atoms with E-state index in [4.69, 9.17) is 0 Å². The average molecular weight is 212 g/mol. The summed E-state index contributed by atoms with van der Waals surface area (Å²) in [6.45, 7) is 9.58. The van der Waals surface area contributed by atoms with Gasteiger partial charge in [0.05, 0.1) is 0 Å². The van der Waals surface area contributed by atoms with Gasteiger partial charge < -0.3 is 10.2 Å². The Balaban J connectivity index is 2.04. The lowest BCUT2D eigenvalue weighted by Gasteiger charge is -2.19. The van der Waals surface area contributed by atoms with Gasteiger partial charge in [0.15, 0.2) is 0 Å². The molecular formula is C12H24N2O. The molecule has 0 spiro atoms. The van der Waals surface area contributed by atoms with Crippen LogP contribution in [0.1, 0.15) is 40.0 Å². The first-order valence-corrected chi connectivity index (χ1v) is 6.12. The van der Waals surface area contributed by atoms with Crippen LogP contribution in [0.2, 0.25) is 0 Å². The third kappa shape index (κ3) is 4.20. The molecule has 1 heterocycles. The smallest absolute Gasteiger partial charge is 0.222 e. The third-order valence-corrected chi connectivity index (χ3v) is 3.24. The van der Waals surface area contributed by atoms with Crippen molar-refractivity contribution in [1.82, 2.24) is 10.2 Å². The number of carbonyl (C=O) groups excluding carboxylic acids is 1. The van der Waals surface area contributed by atoms with Crippen LogP contribution >= 0.6 is 0 Å². The van der Waals surface area contributed by atoms with E-state index in [0.29, 0.717) is 17.9 Å². The van der Waals surface area contributed by atoms with Crippen molar-refractivity contribution in [2.75, 3.05) is 19.6 Å². The Morgan fingerprint density at radius 3 is 2.67 bits per heavy atom.